The van der Waals surface area contributed by atoms with E-state index < -0.39 is 6.61 Å². The Labute approximate surface area is 107 Å². The smallest absolute Gasteiger partial charge is 0.387 e. The number of benzene rings is 1. The van der Waals surface area contributed by atoms with Crippen molar-refractivity contribution in [3.8, 4) is 5.75 Å². The maximum atomic E-state index is 12.3. The molecule has 0 saturated carbocycles. The number of para-hydroxylation sites is 1. The second kappa shape index (κ2) is 7.28. The zero-order valence-corrected chi connectivity index (χ0v) is 10.8. The standard InChI is InChI=1S/C13H20F2N2O/c1-3-8-17(2)9-11(16)10-6-4-5-7-12(10)18-13(14)15/h4-7,11,13H,3,8-9,16H2,1-2H3. The second-order valence-electron chi connectivity index (χ2n) is 4.29. The maximum Gasteiger partial charge on any atom is 0.387 e. The topological polar surface area (TPSA) is 38.5 Å². The summed E-state index contributed by atoms with van der Waals surface area (Å²) in [4.78, 5) is 2.07. The molecule has 0 saturated heterocycles. The summed E-state index contributed by atoms with van der Waals surface area (Å²) < 4.78 is 29.0. The average Bonchev–Trinajstić information content (AvgIpc) is 2.28. The van der Waals surface area contributed by atoms with Crippen LogP contribution < -0.4 is 10.5 Å². The van der Waals surface area contributed by atoms with Crippen LogP contribution in [0.4, 0.5) is 8.78 Å². The molecule has 1 aromatic rings. The number of ether oxygens (including phenoxy) is 1. The molecule has 5 heteroatoms. The van der Waals surface area contributed by atoms with Crippen LogP contribution in [0.25, 0.3) is 0 Å². The Morgan fingerprint density at radius 3 is 2.61 bits per heavy atom. The van der Waals surface area contributed by atoms with Crippen LogP contribution in [0.5, 0.6) is 5.75 Å². The minimum Gasteiger partial charge on any atom is -0.434 e. The first kappa shape index (κ1) is 14.9. The van der Waals surface area contributed by atoms with Crippen LogP contribution in [0.2, 0.25) is 0 Å². The number of nitrogens with two attached hydrogens (primary N) is 1. The minimum atomic E-state index is -2.83. The van der Waals surface area contributed by atoms with E-state index in [1.54, 1.807) is 18.2 Å². The van der Waals surface area contributed by atoms with Crippen LogP contribution in [0.15, 0.2) is 24.3 Å². The van der Waals surface area contributed by atoms with Gasteiger partial charge in [-0.15, -0.1) is 0 Å². The van der Waals surface area contributed by atoms with Gasteiger partial charge in [0.25, 0.3) is 0 Å². The molecule has 1 rings (SSSR count). The van der Waals surface area contributed by atoms with E-state index in [0.29, 0.717) is 12.1 Å². The number of likely N-dealkylation sites (N-methyl/N-ethyl adjacent to an activating group) is 1. The van der Waals surface area contributed by atoms with Gasteiger partial charge >= 0.3 is 6.61 Å². The van der Waals surface area contributed by atoms with E-state index in [2.05, 4.69) is 16.6 Å². The number of hydrogen-bond acceptors (Lipinski definition) is 3. The van der Waals surface area contributed by atoms with Gasteiger partial charge in [0.05, 0.1) is 0 Å². The van der Waals surface area contributed by atoms with Gasteiger partial charge in [-0.1, -0.05) is 25.1 Å². The molecule has 102 valence electrons. The number of nitrogens with zero attached hydrogens (tertiary/aromatic N) is 1. The molecule has 0 fully saturated rings. The monoisotopic (exact) mass is 258 g/mol. The number of hydrogen-bond donors (Lipinski definition) is 1. The molecule has 0 aromatic heterocycles. The van der Waals surface area contributed by atoms with Crippen LogP contribution in [0.1, 0.15) is 24.9 Å². The SMILES string of the molecule is CCCN(C)CC(N)c1ccccc1OC(F)F. The van der Waals surface area contributed by atoms with E-state index in [1.165, 1.54) is 6.07 Å². The van der Waals surface area contributed by atoms with Crippen molar-refractivity contribution >= 4 is 0 Å². The summed E-state index contributed by atoms with van der Waals surface area (Å²) in [5.74, 6) is 0.157. The van der Waals surface area contributed by atoms with Gasteiger partial charge in [0, 0.05) is 18.2 Å². The highest BCUT2D eigenvalue weighted by atomic mass is 19.3. The first-order valence-electron chi connectivity index (χ1n) is 6.02. The molecule has 0 heterocycles. The molecule has 0 bridgehead atoms. The van der Waals surface area contributed by atoms with E-state index in [-0.39, 0.29) is 11.8 Å². The summed E-state index contributed by atoms with van der Waals surface area (Å²) in [6.45, 7) is 0.783. The quantitative estimate of drug-likeness (QED) is 0.817. The molecule has 1 aromatic carbocycles. The lowest BCUT2D eigenvalue weighted by Gasteiger charge is -2.22. The zero-order chi connectivity index (χ0) is 13.5. The summed E-state index contributed by atoms with van der Waals surface area (Å²) in [7, 11) is 1.96. The fraction of sp³-hybridized carbons (Fsp3) is 0.538. The molecule has 3 nitrogen and oxygen atoms in total. The van der Waals surface area contributed by atoms with Gasteiger partial charge in [0.15, 0.2) is 0 Å². The van der Waals surface area contributed by atoms with Crippen molar-refractivity contribution < 1.29 is 13.5 Å². The van der Waals surface area contributed by atoms with Crippen LogP contribution in [0.3, 0.4) is 0 Å². The third-order valence-corrected chi connectivity index (χ3v) is 2.65. The lowest BCUT2D eigenvalue weighted by atomic mass is 10.1. The average molecular weight is 258 g/mol. The predicted molar refractivity (Wildman–Crippen MR) is 67.8 cm³/mol. The largest absolute Gasteiger partial charge is 0.434 e. The normalized spacial score (nSPS) is 13.1. The van der Waals surface area contributed by atoms with Crippen LogP contribution >= 0.6 is 0 Å². The summed E-state index contributed by atoms with van der Waals surface area (Å²) >= 11 is 0. The molecule has 1 atom stereocenters. The number of halogens is 2. The number of rotatable bonds is 7. The van der Waals surface area contributed by atoms with Crippen molar-refractivity contribution in [2.45, 2.75) is 26.0 Å². The van der Waals surface area contributed by atoms with Crippen molar-refractivity contribution in [3.63, 3.8) is 0 Å². The molecule has 0 amide bonds. The molecule has 0 spiro atoms. The highest BCUT2D eigenvalue weighted by Gasteiger charge is 2.16. The highest BCUT2D eigenvalue weighted by molar-refractivity contribution is 5.36. The van der Waals surface area contributed by atoms with Gasteiger partial charge in [-0.2, -0.15) is 8.78 Å². The summed E-state index contributed by atoms with van der Waals surface area (Å²) in [5.41, 5.74) is 6.65. The Morgan fingerprint density at radius 2 is 2.00 bits per heavy atom. The molecule has 0 aliphatic carbocycles. The second-order valence-corrected chi connectivity index (χ2v) is 4.29. The summed E-state index contributed by atoms with van der Waals surface area (Å²) in [6, 6.07) is 6.33. The van der Waals surface area contributed by atoms with E-state index in [9.17, 15) is 8.78 Å². The summed E-state index contributed by atoms with van der Waals surface area (Å²) in [5, 5.41) is 0. The Hall–Kier alpha value is -1.20. The van der Waals surface area contributed by atoms with Crippen LogP contribution in [0, 0.1) is 0 Å². The summed E-state index contributed by atoms with van der Waals surface area (Å²) in [6.07, 6.45) is 1.03. The lowest BCUT2D eigenvalue weighted by Crippen LogP contribution is -2.30. The molecular weight excluding hydrogens is 238 g/mol. The van der Waals surface area contributed by atoms with Gasteiger partial charge in [-0.3, -0.25) is 0 Å². The zero-order valence-electron chi connectivity index (χ0n) is 10.8. The van der Waals surface area contributed by atoms with Gasteiger partial charge in [0.1, 0.15) is 5.75 Å². The van der Waals surface area contributed by atoms with Gasteiger partial charge in [-0.25, -0.2) is 0 Å². The van der Waals surface area contributed by atoms with Gasteiger partial charge in [-0.05, 0) is 26.1 Å². The fourth-order valence-electron chi connectivity index (χ4n) is 1.90. The molecule has 1 unspecified atom stereocenters. The Kier molecular flexibility index (Phi) is 6.01. The van der Waals surface area contributed by atoms with E-state index in [4.69, 9.17) is 5.73 Å². The van der Waals surface area contributed by atoms with Crippen molar-refractivity contribution in [2.75, 3.05) is 20.1 Å². The Bertz CT molecular complexity index is 361. The van der Waals surface area contributed by atoms with Crippen molar-refractivity contribution in [2.24, 2.45) is 5.73 Å². The minimum absolute atomic E-state index is 0.157. The first-order valence-corrected chi connectivity index (χ1v) is 6.02. The molecular formula is C13H20F2N2O. The molecule has 0 aliphatic rings. The van der Waals surface area contributed by atoms with Crippen molar-refractivity contribution in [1.29, 1.82) is 0 Å². The maximum absolute atomic E-state index is 12.3. The third kappa shape index (κ3) is 4.58. The van der Waals surface area contributed by atoms with E-state index in [0.717, 1.165) is 13.0 Å². The lowest BCUT2D eigenvalue weighted by molar-refractivity contribution is -0.0506. The predicted octanol–water partition coefficient (Wildman–Crippen LogP) is 2.63. The number of alkyl halides is 2. The van der Waals surface area contributed by atoms with Crippen LogP contribution in [-0.4, -0.2) is 31.6 Å². The van der Waals surface area contributed by atoms with Crippen molar-refractivity contribution in [1.82, 2.24) is 4.90 Å². The molecule has 18 heavy (non-hydrogen) atoms. The van der Waals surface area contributed by atoms with Gasteiger partial charge < -0.3 is 15.4 Å². The first-order chi connectivity index (χ1) is 8.54. The fourth-order valence-corrected chi connectivity index (χ4v) is 1.90. The third-order valence-electron chi connectivity index (χ3n) is 2.65. The Morgan fingerprint density at radius 1 is 1.33 bits per heavy atom. The molecule has 2 N–H and O–H groups in total. The van der Waals surface area contributed by atoms with Crippen molar-refractivity contribution in [3.05, 3.63) is 29.8 Å². The van der Waals surface area contributed by atoms with Crippen LogP contribution in [-0.2, 0) is 0 Å². The highest BCUT2D eigenvalue weighted by Crippen LogP contribution is 2.25. The molecule has 0 aliphatic heterocycles. The van der Waals surface area contributed by atoms with E-state index >= 15 is 0 Å². The Balaban J connectivity index is 2.74. The molecule has 0 radical (unpaired) electrons. The van der Waals surface area contributed by atoms with Gasteiger partial charge in [0.2, 0.25) is 0 Å². The van der Waals surface area contributed by atoms with E-state index in [1.807, 2.05) is 7.05 Å².